The molecule has 0 aromatic heterocycles. The number of nitrogens with zero attached hydrogens (tertiary/aromatic N) is 1. The molecule has 2 amide bonds. The summed E-state index contributed by atoms with van der Waals surface area (Å²) in [5.41, 5.74) is 12.5. The van der Waals surface area contributed by atoms with Crippen molar-refractivity contribution < 1.29 is 9.59 Å². The van der Waals surface area contributed by atoms with Gasteiger partial charge >= 0.3 is 0 Å². The second-order valence-electron chi connectivity index (χ2n) is 4.07. The van der Waals surface area contributed by atoms with Gasteiger partial charge in [-0.15, -0.1) is 0 Å². The van der Waals surface area contributed by atoms with Crippen molar-refractivity contribution in [2.24, 2.45) is 11.5 Å². The van der Waals surface area contributed by atoms with Gasteiger partial charge in [0, 0.05) is 13.1 Å². The standard InChI is InChI=1S/C13H19N3O2/c1-2-16(9-12(15)17)13(18)7-10-3-5-11(8-14)6-4-10/h3-6H,2,7-9,14H2,1H3,(H2,15,17). The van der Waals surface area contributed by atoms with E-state index in [0.29, 0.717) is 13.1 Å². The quantitative estimate of drug-likeness (QED) is 0.745. The van der Waals surface area contributed by atoms with Crippen molar-refractivity contribution in [3.05, 3.63) is 35.4 Å². The highest BCUT2D eigenvalue weighted by molar-refractivity contribution is 5.85. The first-order valence-corrected chi connectivity index (χ1v) is 5.90. The summed E-state index contributed by atoms with van der Waals surface area (Å²) in [6.07, 6.45) is 0.270. The summed E-state index contributed by atoms with van der Waals surface area (Å²) in [7, 11) is 0. The lowest BCUT2D eigenvalue weighted by molar-refractivity contribution is -0.134. The Kier molecular flexibility index (Phi) is 5.32. The SMILES string of the molecule is CCN(CC(N)=O)C(=O)Cc1ccc(CN)cc1. The molecule has 1 aromatic carbocycles. The molecule has 0 saturated heterocycles. The topological polar surface area (TPSA) is 89.4 Å². The van der Waals surface area contributed by atoms with E-state index in [0.717, 1.165) is 11.1 Å². The molecule has 98 valence electrons. The molecule has 0 saturated carbocycles. The Morgan fingerprint density at radius 2 is 1.72 bits per heavy atom. The lowest BCUT2D eigenvalue weighted by atomic mass is 10.1. The molecular formula is C13H19N3O2. The minimum atomic E-state index is -0.497. The van der Waals surface area contributed by atoms with Gasteiger partial charge < -0.3 is 16.4 Å². The molecule has 0 fully saturated rings. The van der Waals surface area contributed by atoms with E-state index in [9.17, 15) is 9.59 Å². The van der Waals surface area contributed by atoms with E-state index >= 15 is 0 Å². The maximum Gasteiger partial charge on any atom is 0.237 e. The summed E-state index contributed by atoms with van der Waals surface area (Å²) in [6, 6.07) is 7.54. The van der Waals surface area contributed by atoms with Crippen molar-refractivity contribution in [2.75, 3.05) is 13.1 Å². The molecule has 0 unspecified atom stereocenters. The molecule has 1 rings (SSSR count). The van der Waals surface area contributed by atoms with Crippen LogP contribution in [0.4, 0.5) is 0 Å². The van der Waals surface area contributed by atoms with Gasteiger partial charge in [0.2, 0.25) is 11.8 Å². The second kappa shape index (κ2) is 6.76. The number of carbonyl (C=O) groups is 2. The zero-order valence-electron chi connectivity index (χ0n) is 10.6. The van der Waals surface area contributed by atoms with Gasteiger partial charge in [-0.25, -0.2) is 0 Å². The van der Waals surface area contributed by atoms with Gasteiger partial charge in [0.1, 0.15) is 0 Å². The van der Waals surface area contributed by atoms with E-state index in [4.69, 9.17) is 11.5 Å². The van der Waals surface area contributed by atoms with Crippen LogP contribution in [0.3, 0.4) is 0 Å². The molecule has 18 heavy (non-hydrogen) atoms. The number of hydrogen-bond donors (Lipinski definition) is 2. The maximum atomic E-state index is 11.9. The highest BCUT2D eigenvalue weighted by Gasteiger charge is 2.14. The van der Waals surface area contributed by atoms with E-state index in [1.807, 2.05) is 31.2 Å². The van der Waals surface area contributed by atoms with Gasteiger partial charge in [-0.1, -0.05) is 24.3 Å². The molecule has 0 aliphatic carbocycles. The van der Waals surface area contributed by atoms with Crippen molar-refractivity contribution >= 4 is 11.8 Å². The third kappa shape index (κ3) is 4.18. The van der Waals surface area contributed by atoms with E-state index in [2.05, 4.69) is 0 Å². The van der Waals surface area contributed by atoms with Crippen molar-refractivity contribution in [3.8, 4) is 0 Å². The number of hydrogen-bond acceptors (Lipinski definition) is 3. The Bertz CT molecular complexity index is 415. The molecule has 0 heterocycles. The van der Waals surface area contributed by atoms with Crippen LogP contribution in [0.5, 0.6) is 0 Å². The van der Waals surface area contributed by atoms with Crippen LogP contribution in [-0.2, 0) is 22.6 Å². The van der Waals surface area contributed by atoms with Crippen molar-refractivity contribution in [1.29, 1.82) is 0 Å². The van der Waals surface area contributed by atoms with Crippen LogP contribution < -0.4 is 11.5 Å². The average Bonchev–Trinajstić information content (AvgIpc) is 2.36. The fourth-order valence-corrected chi connectivity index (χ4v) is 1.64. The summed E-state index contributed by atoms with van der Waals surface area (Å²) in [6.45, 7) is 2.74. The van der Waals surface area contributed by atoms with Gasteiger partial charge in [0.05, 0.1) is 13.0 Å². The Labute approximate surface area is 107 Å². The molecule has 0 spiro atoms. The molecular weight excluding hydrogens is 230 g/mol. The minimum absolute atomic E-state index is 0.0315. The van der Waals surface area contributed by atoms with Crippen LogP contribution in [0.2, 0.25) is 0 Å². The number of benzene rings is 1. The van der Waals surface area contributed by atoms with Crippen molar-refractivity contribution in [3.63, 3.8) is 0 Å². The number of rotatable bonds is 6. The van der Waals surface area contributed by atoms with Crippen molar-refractivity contribution in [1.82, 2.24) is 4.90 Å². The Hall–Kier alpha value is -1.88. The summed E-state index contributed by atoms with van der Waals surface area (Å²) >= 11 is 0. The number of amides is 2. The average molecular weight is 249 g/mol. The molecule has 0 aliphatic rings. The third-order valence-corrected chi connectivity index (χ3v) is 2.70. The van der Waals surface area contributed by atoms with Gasteiger partial charge in [0.25, 0.3) is 0 Å². The first-order valence-electron chi connectivity index (χ1n) is 5.90. The summed E-state index contributed by atoms with van der Waals surface area (Å²) < 4.78 is 0. The summed E-state index contributed by atoms with van der Waals surface area (Å²) in [5.74, 6) is -0.597. The van der Waals surface area contributed by atoms with Crippen LogP contribution in [0.25, 0.3) is 0 Å². The number of nitrogens with two attached hydrogens (primary N) is 2. The number of primary amides is 1. The monoisotopic (exact) mass is 249 g/mol. The van der Waals surface area contributed by atoms with Crippen molar-refractivity contribution in [2.45, 2.75) is 19.9 Å². The Morgan fingerprint density at radius 3 is 2.17 bits per heavy atom. The minimum Gasteiger partial charge on any atom is -0.368 e. The van der Waals surface area contributed by atoms with E-state index in [1.165, 1.54) is 4.90 Å². The molecule has 1 aromatic rings. The zero-order valence-corrected chi connectivity index (χ0v) is 10.6. The molecule has 4 N–H and O–H groups in total. The highest BCUT2D eigenvalue weighted by Crippen LogP contribution is 2.06. The Balaban J connectivity index is 2.64. The maximum absolute atomic E-state index is 11.9. The lowest BCUT2D eigenvalue weighted by Gasteiger charge is -2.19. The number of likely N-dealkylation sites (N-methyl/N-ethyl adjacent to an activating group) is 1. The highest BCUT2D eigenvalue weighted by atomic mass is 16.2. The molecule has 0 aliphatic heterocycles. The van der Waals surface area contributed by atoms with Gasteiger partial charge in [-0.05, 0) is 18.1 Å². The van der Waals surface area contributed by atoms with Gasteiger partial charge in [-0.3, -0.25) is 9.59 Å². The van der Waals surface area contributed by atoms with E-state index in [1.54, 1.807) is 0 Å². The summed E-state index contributed by atoms with van der Waals surface area (Å²) in [5, 5.41) is 0. The van der Waals surface area contributed by atoms with Crippen LogP contribution in [0.15, 0.2) is 24.3 Å². The summed E-state index contributed by atoms with van der Waals surface area (Å²) in [4.78, 5) is 24.2. The molecule has 0 bridgehead atoms. The predicted molar refractivity (Wildman–Crippen MR) is 69.5 cm³/mol. The second-order valence-corrected chi connectivity index (χ2v) is 4.07. The van der Waals surface area contributed by atoms with Crippen LogP contribution in [0.1, 0.15) is 18.1 Å². The third-order valence-electron chi connectivity index (χ3n) is 2.70. The fraction of sp³-hybridized carbons (Fsp3) is 0.385. The van der Waals surface area contributed by atoms with Gasteiger partial charge in [-0.2, -0.15) is 0 Å². The predicted octanol–water partition coefficient (Wildman–Crippen LogP) is 0.0216. The van der Waals surface area contributed by atoms with E-state index < -0.39 is 5.91 Å². The molecule has 0 atom stereocenters. The first-order chi connectivity index (χ1) is 8.56. The number of carbonyl (C=O) groups excluding carboxylic acids is 2. The van der Waals surface area contributed by atoms with Crippen LogP contribution >= 0.6 is 0 Å². The fourth-order valence-electron chi connectivity index (χ4n) is 1.64. The largest absolute Gasteiger partial charge is 0.368 e. The first kappa shape index (κ1) is 14.2. The lowest BCUT2D eigenvalue weighted by Crippen LogP contribution is -2.39. The van der Waals surface area contributed by atoms with Crippen LogP contribution in [-0.4, -0.2) is 29.8 Å². The smallest absolute Gasteiger partial charge is 0.237 e. The molecule has 0 radical (unpaired) electrons. The molecule has 5 heteroatoms. The van der Waals surface area contributed by atoms with Crippen LogP contribution in [0, 0.1) is 0 Å². The van der Waals surface area contributed by atoms with Gasteiger partial charge in [0.15, 0.2) is 0 Å². The van der Waals surface area contributed by atoms with E-state index in [-0.39, 0.29) is 18.9 Å². The zero-order chi connectivity index (χ0) is 13.5. The Morgan fingerprint density at radius 1 is 1.17 bits per heavy atom. The molecule has 5 nitrogen and oxygen atoms in total. The normalized spacial score (nSPS) is 10.1.